The smallest absolute Gasteiger partial charge is 0.337 e. The second kappa shape index (κ2) is 5.36. The molecule has 0 aromatic heterocycles. The molecule has 1 atom stereocenters. The molecule has 1 unspecified atom stereocenters. The quantitative estimate of drug-likeness (QED) is 0.747. The van der Waals surface area contributed by atoms with Gasteiger partial charge in [-0.3, -0.25) is 0 Å². The summed E-state index contributed by atoms with van der Waals surface area (Å²) in [5, 5.41) is 17.0. The molecule has 0 fully saturated rings. The van der Waals surface area contributed by atoms with Gasteiger partial charge >= 0.3 is 5.97 Å². The number of hydrogen-bond acceptors (Lipinski definition) is 4. The zero-order valence-electron chi connectivity index (χ0n) is 10.2. The Bertz CT molecular complexity index is 554. The third kappa shape index (κ3) is 3.44. The molecule has 1 aromatic rings. The SMILES string of the molecule is CCC(C)Nc1ccc(S(N)(=O)=O)cc1C(=O)O. The van der Waals surface area contributed by atoms with Crippen LogP contribution < -0.4 is 10.5 Å². The number of benzene rings is 1. The number of anilines is 1. The van der Waals surface area contributed by atoms with Gasteiger partial charge in [-0.2, -0.15) is 0 Å². The summed E-state index contributed by atoms with van der Waals surface area (Å²) in [4.78, 5) is 10.9. The molecule has 100 valence electrons. The van der Waals surface area contributed by atoms with Crippen molar-refractivity contribution in [2.75, 3.05) is 5.32 Å². The van der Waals surface area contributed by atoms with E-state index in [0.29, 0.717) is 5.69 Å². The van der Waals surface area contributed by atoms with Crippen LogP contribution in [0.5, 0.6) is 0 Å². The monoisotopic (exact) mass is 272 g/mol. The van der Waals surface area contributed by atoms with Crippen LogP contribution in [0.25, 0.3) is 0 Å². The van der Waals surface area contributed by atoms with E-state index in [-0.39, 0.29) is 16.5 Å². The Morgan fingerprint density at radius 1 is 1.50 bits per heavy atom. The fraction of sp³-hybridized carbons (Fsp3) is 0.364. The first-order chi connectivity index (χ1) is 8.25. The Hall–Kier alpha value is -1.60. The number of carboxylic acids is 1. The summed E-state index contributed by atoms with van der Waals surface area (Å²) in [7, 11) is -3.90. The Labute approximate surface area is 106 Å². The zero-order chi connectivity index (χ0) is 13.9. The highest BCUT2D eigenvalue weighted by Crippen LogP contribution is 2.21. The first-order valence-corrected chi connectivity index (χ1v) is 6.97. The van der Waals surface area contributed by atoms with Gasteiger partial charge in [-0.25, -0.2) is 18.4 Å². The standard InChI is InChI=1S/C11H16N2O4S/c1-3-7(2)13-10-5-4-8(18(12,16)17)6-9(10)11(14)15/h4-7,13H,3H2,1-2H3,(H,14,15)(H2,12,16,17). The summed E-state index contributed by atoms with van der Waals surface area (Å²) in [5.74, 6) is -1.20. The van der Waals surface area contributed by atoms with Crippen LogP contribution in [0.15, 0.2) is 23.1 Å². The summed E-state index contributed by atoms with van der Waals surface area (Å²) in [6, 6.07) is 3.84. The topological polar surface area (TPSA) is 109 Å². The number of sulfonamides is 1. The number of nitrogens with one attached hydrogen (secondary N) is 1. The largest absolute Gasteiger partial charge is 0.478 e. The minimum atomic E-state index is -3.90. The average molecular weight is 272 g/mol. The van der Waals surface area contributed by atoms with E-state index in [1.165, 1.54) is 12.1 Å². The zero-order valence-corrected chi connectivity index (χ0v) is 11.0. The van der Waals surface area contributed by atoms with E-state index in [4.69, 9.17) is 10.2 Å². The lowest BCUT2D eigenvalue weighted by atomic mass is 10.1. The first-order valence-electron chi connectivity index (χ1n) is 5.42. The van der Waals surface area contributed by atoms with Crippen LogP contribution >= 0.6 is 0 Å². The molecule has 4 N–H and O–H groups in total. The second-order valence-electron chi connectivity index (χ2n) is 4.01. The molecule has 1 rings (SSSR count). The Kier molecular flexibility index (Phi) is 4.31. The number of carboxylic acid groups (broad SMARTS) is 1. The third-order valence-electron chi connectivity index (χ3n) is 2.56. The van der Waals surface area contributed by atoms with Crippen LogP contribution in [0.4, 0.5) is 5.69 Å². The van der Waals surface area contributed by atoms with Crippen molar-refractivity contribution in [2.45, 2.75) is 31.2 Å². The lowest BCUT2D eigenvalue weighted by molar-refractivity contribution is 0.0697. The van der Waals surface area contributed by atoms with Crippen LogP contribution in [0.2, 0.25) is 0 Å². The molecule has 0 aliphatic heterocycles. The number of primary sulfonamides is 1. The van der Waals surface area contributed by atoms with Gasteiger partial charge in [0.05, 0.1) is 10.5 Å². The summed E-state index contributed by atoms with van der Waals surface area (Å²) >= 11 is 0. The van der Waals surface area contributed by atoms with E-state index in [1.54, 1.807) is 0 Å². The van der Waals surface area contributed by atoms with Gasteiger partial charge in [0.25, 0.3) is 0 Å². The number of carbonyl (C=O) groups is 1. The maximum Gasteiger partial charge on any atom is 0.337 e. The Balaban J connectivity index is 3.25. The predicted octanol–water partition coefficient (Wildman–Crippen LogP) is 1.24. The lowest BCUT2D eigenvalue weighted by Crippen LogP contribution is -2.18. The molecule has 0 heterocycles. The molecule has 0 saturated heterocycles. The van der Waals surface area contributed by atoms with Gasteiger partial charge in [-0.1, -0.05) is 6.92 Å². The van der Waals surface area contributed by atoms with Gasteiger partial charge < -0.3 is 10.4 Å². The molecule has 0 aliphatic carbocycles. The predicted molar refractivity (Wildman–Crippen MR) is 68.2 cm³/mol. The number of rotatable bonds is 5. The van der Waals surface area contributed by atoms with Crippen molar-refractivity contribution in [1.82, 2.24) is 0 Å². The van der Waals surface area contributed by atoms with Gasteiger partial charge in [0.15, 0.2) is 0 Å². The molecule has 0 spiro atoms. The van der Waals surface area contributed by atoms with Crippen molar-refractivity contribution in [3.63, 3.8) is 0 Å². The van der Waals surface area contributed by atoms with Crippen LogP contribution in [0.3, 0.4) is 0 Å². The maximum absolute atomic E-state index is 11.2. The molecular weight excluding hydrogens is 256 g/mol. The summed E-state index contributed by atoms with van der Waals surface area (Å²) < 4.78 is 22.3. The van der Waals surface area contributed by atoms with Gasteiger partial charge in [0.1, 0.15) is 0 Å². The Morgan fingerprint density at radius 3 is 2.56 bits per heavy atom. The van der Waals surface area contributed by atoms with E-state index >= 15 is 0 Å². The highest BCUT2D eigenvalue weighted by Gasteiger charge is 2.16. The Morgan fingerprint density at radius 2 is 2.11 bits per heavy atom. The highest BCUT2D eigenvalue weighted by atomic mass is 32.2. The minimum absolute atomic E-state index is 0.0865. The van der Waals surface area contributed by atoms with Crippen molar-refractivity contribution in [2.24, 2.45) is 5.14 Å². The van der Waals surface area contributed by atoms with Crippen LogP contribution in [-0.2, 0) is 10.0 Å². The van der Waals surface area contributed by atoms with E-state index in [0.717, 1.165) is 12.5 Å². The van der Waals surface area contributed by atoms with Crippen LogP contribution in [0, 0.1) is 0 Å². The van der Waals surface area contributed by atoms with Crippen molar-refractivity contribution in [3.05, 3.63) is 23.8 Å². The minimum Gasteiger partial charge on any atom is -0.478 e. The molecule has 6 nitrogen and oxygen atoms in total. The van der Waals surface area contributed by atoms with Gasteiger partial charge in [0, 0.05) is 11.7 Å². The average Bonchev–Trinajstić information content (AvgIpc) is 2.27. The van der Waals surface area contributed by atoms with Crippen LogP contribution in [0.1, 0.15) is 30.6 Å². The fourth-order valence-electron chi connectivity index (χ4n) is 1.37. The highest BCUT2D eigenvalue weighted by molar-refractivity contribution is 7.89. The van der Waals surface area contributed by atoms with Gasteiger partial charge in [-0.05, 0) is 31.5 Å². The van der Waals surface area contributed by atoms with E-state index < -0.39 is 16.0 Å². The third-order valence-corrected chi connectivity index (χ3v) is 3.48. The maximum atomic E-state index is 11.2. The van der Waals surface area contributed by atoms with E-state index in [9.17, 15) is 13.2 Å². The first kappa shape index (κ1) is 14.5. The summed E-state index contributed by atoms with van der Waals surface area (Å²) in [6.45, 7) is 3.86. The van der Waals surface area contributed by atoms with Gasteiger partial charge in [-0.15, -0.1) is 0 Å². The molecule has 18 heavy (non-hydrogen) atoms. The van der Waals surface area contributed by atoms with E-state index in [1.807, 2.05) is 13.8 Å². The normalized spacial score (nSPS) is 13.1. The molecular formula is C11H16N2O4S. The van der Waals surface area contributed by atoms with Crippen molar-refractivity contribution < 1.29 is 18.3 Å². The van der Waals surface area contributed by atoms with Gasteiger partial charge in [0.2, 0.25) is 10.0 Å². The fourth-order valence-corrected chi connectivity index (χ4v) is 1.91. The molecule has 0 saturated carbocycles. The van der Waals surface area contributed by atoms with E-state index in [2.05, 4.69) is 5.32 Å². The number of aromatic carboxylic acids is 1. The lowest BCUT2D eigenvalue weighted by Gasteiger charge is -2.15. The van der Waals surface area contributed by atoms with Crippen molar-refractivity contribution >= 4 is 21.7 Å². The van der Waals surface area contributed by atoms with Crippen LogP contribution in [-0.4, -0.2) is 25.5 Å². The molecule has 0 radical (unpaired) electrons. The number of nitrogens with two attached hydrogens (primary N) is 1. The summed E-state index contributed by atoms with van der Waals surface area (Å²) in [5.41, 5.74) is 0.270. The summed E-state index contributed by atoms with van der Waals surface area (Å²) in [6.07, 6.45) is 0.815. The molecule has 1 aromatic carbocycles. The number of hydrogen-bond donors (Lipinski definition) is 3. The second-order valence-corrected chi connectivity index (χ2v) is 5.57. The molecule has 7 heteroatoms. The van der Waals surface area contributed by atoms with Crippen molar-refractivity contribution in [1.29, 1.82) is 0 Å². The molecule has 0 amide bonds. The molecule has 0 bridgehead atoms. The van der Waals surface area contributed by atoms with Crippen molar-refractivity contribution in [3.8, 4) is 0 Å². The molecule has 0 aliphatic rings.